The van der Waals surface area contributed by atoms with Gasteiger partial charge in [0, 0.05) is 12.6 Å². The number of ether oxygens (including phenoxy) is 3. The molecule has 1 aromatic rings. The van der Waals surface area contributed by atoms with Crippen molar-refractivity contribution in [3.63, 3.8) is 0 Å². The van der Waals surface area contributed by atoms with E-state index in [9.17, 15) is 0 Å². The molecule has 1 fully saturated rings. The van der Waals surface area contributed by atoms with Crippen LogP contribution in [0.4, 0.5) is 0 Å². The zero-order valence-electron chi connectivity index (χ0n) is 11.7. The van der Waals surface area contributed by atoms with Crippen molar-refractivity contribution < 1.29 is 14.2 Å². The topological polar surface area (TPSA) is 39.7 Å². The number of nitrogens with one attached hydrogen (secondary N) is 1. The fourth-order valence-corrected chi connectivity index (χ4v) is 2.22. The quantitative estimate of drug-likeness (QED) is 0.856. The molecular weight excluding hydrogens is 242 g/mol. The van der Waals surface area contributed by atoms with Gasteiger partial charge in [-0.25, -0.2) is 0 Å². The summed E-state index contributed by atoms with van der Waals surface area (Å²) in [6.45, 7) is 4.65. The zero-order valence-corrected chi connectivity index (χ0v) is 11.7. The molecule has 0 aromatic heterocycles. The lowest BCUT2D eigenvalue weighted by Crippen LogP contribution is -2.49. The molecule has 2 unspecified atom stereocenters. The van der Waals surface area contributed by atoms with Crippen LogP contribution in [0.5, 0.6) is 11.5 Å². The van der Waals surface area contributed by atoms with E-state index in [0.717, 1.165) is 37.5 Å². The van der Waals surface area contributed by atoms with E-state index in [1.807, 2.05) is 24.3 Å². The predicted octanol–water partition coefficient (Wildman–Crippen LogP) is 2.23. The van der Waals surface area contributed by atoms with Gasteiger partial charge in [0.1, 0.15) is 17.6 Å². The van der Waals surface area contributed by atoms with Crippen LogP contribution in [-0.2, 0) is 4.74 Å². The minimum atomic E-state index is 0.0775. The number of hydrogen-bond donors (Lipinski definition) is 1. The number of methoxy groups -OCH3 is 1. The fourth-order valence-electron chi connectivity index (χ4n) is 2.22. The van der Waals surface area contributed by atoms with Gasteiger partial charge in [0.15, 0.2) is 0 Å². The highest BCUT2D eigenvalue weighted by molar-refractivity contribution is 5.31. The van der Waals surface area contributed by atoms with E-state index >= 15 is 0 Å². The lowest BCUT2D eigenvalue weighted by Gasteiger charge is -2.32. The zero-order chi connectivity index (χ0) is 13.5. The molecular formula is C15H23NO3. The van der Waals surface area contributed by atoms with Crippen molar-refractivity contribution in [3.05, 3.63) is 24.3 Å². The van der Waals surface area contributed by atoms with Gasteiger partial charge in [-0.3, -0.25) is 0 Å². The molecule has 0 amide bonds. The molecule has 1 aliphatic rings. The summed E-state index contributed by atoms with van der Waals surface area (Å²) in [5, 5.41) is 3.53. The second kappa shape index (κ2) is 7.36. The monoisotopic (exact) mass is 265 g/mol. The molecule has 0 spiro atoms. The molecule has 4 nitrogen and oxygen atoms in total. The Morgan fingerprint density at radius 1 is 1.26 bits per heavy atom. The molecule has 4 heteroatoms. The summed E-state index contributed by atoms with van der Waals surface area (Å²) in [4.78, 5) is 0. The standard InChI is InChI=1S/C15H23NO3/c1-3-9-16-14-8-10-18-11-15(14)19-13-6-4-12(17-2)5-7-13/h4-7,14-16H,3,8-11H2,1-2H3. The minimum Gasteiger partial charge on any atom is -0.497 e. The van der Waals surface area contributed by atoms with E-state index in [1.54, 1.807) is 7.11 Å². The van der Waals surface area contributed by atoms with Gasteiger partial charge in [0.05, 0.1) is 13.7 Å². The highest BCUT2D eigenvalue weighted by Gasteiger charge is 2.26. The molecule has 1 saturated heterocycles. The maximum atomic E-state index is 6.02. The van der Waals surface area contributed by atoms with Gasteiger partial charge >= 0.3 is 0 Å². The Morgan fingerprint density at radius 3 is 2.68 bits per heavy atom. The van der Waals surface area contributed by atoms with Gasteiger partial charge in [-0.05, 0) is 43.7 Å². The maximum Gasteiger partial charge on any atom is 0.137 e. The third-order valence-corrected chi connectivity index (χ3v) is 3.31. The van der Waals surface area contributed by atoms with Crippen LogP contribution in [0.1, 0.15) is 19.8 Å². The van der Waals surface area contributed by atoms with E-state index in [2.05, 4.69) is 12.2 Å². The van der Waals surface area contributed by atoms with Crippen LogP contribution >= 0.6 is 0 Å². The van der Waals surface area contributed by atoms with Crippen molar-refractivity contribution in [2.24, 2.45) is 0 Å². The smallest absolute Gasteiger partial charge is 0.137 e. The van der Waals surface area contributed by atoms with E-state index in [-0.39, 0.29) is 6.10 Å². The van der Waals surface area contributed by atoms with Gasteiger partial charge in [-0.2, -0.15) is 0 Å². The molecule has 0 saturated carbocycles. The first kappa shape index (κ1) is 14.2. The maximum absolute atomic E-state index is 6.02. The Hall–Kier alpha value is -1.26. The molecule has 0 aliphatic carbocycles. The fraction of sp³-hybridized carbons (Fsp3) is 0.600. The summed E-state index contributed by atoms with van der Waals surface area (Å²) in [5.74, 6) is 1.70. The summed E-state index contributed by atoms with van der Waals surface area (Å²) in [6, 6.07) is 8.06. The van der Waals surface area contributed by atoms with Crippen LogP contribution in [0.2, 0.25) is 0 Å². The molecule has 1 aliphatic heterocycles. The molecule has 0 bridgehead atoms. The third kappa shape index (κ3) is 4.11. The molecule has 1 aromatic carbocycles. The van der Waals surface area contributed by atoms with Crippen molar-refractivity contribution in [2.45, 2.75) is 31.9 Å². The first-order valence-electron chi connectivity index (χ1n) is 6.95. The van der Waals surface area contributed by atoms with Gasteiger partial charge in [0.25, 0.3) is 0 Å². The summed E-state index contributed by atoms with van der Waals surface area (Å²) < 4.78 is 16.7. The highest BCUT2D eigenvalue weighted by Crippen LogP contribution is 2.21. The van der Waals surface area contributed by atoms with Gasteiger partial charge in [0.2, 0.25) is 0 Å². The summed E-state index contributed by atoms with van der Waals surface area (Å²) in [5.41, 5.74) is 0. The number of hydrogen-bond acceptors (Lipinski definition) is 4. The first-order chi connectivity index (χ1) is 9.33. The van der Waals surface area contributed by atoms with E-state index in [1.165, 1.54) is 0 Å². The Kier molecular flexibility index (Phi) is 5.48. The molecule has 1 heterocycles. The molecule has 2 atom stereocenters. The van der Waals surface area contributed by atoms with Crippen molar-refractivity contribution in [1.29, 1.82) is 0 Å². The molecule has 2 rings (SSSR count). The first-order valence-corrected chi connectivity index (χ1v) is 6.95. The molecule has 106 valence electrons. The van der Waals surface area contributed by atoms with Crippen LogP contribution in [-0.4, -0.2) is 39.0 Å². The molecule has 0 radical (unpaired) electrons. The van der Waals surface area contributed by atoms with Crippen LogP contribution in [0, 0.1) is 0 Å². The van der Waals surface area contributed by atoms with Crippen molar-refractivity contribution in [3.8, 4) is 11.5 Å². The van der Waals surface area contributed by atoms with Gasteiger partial charge in [-0.15, -0.1) is 0 Å². The normalized spacial score (nSPS) is 23.1. The van der Waals surface area contributed by atoms with Crippen LogP contribution in [0.25, 0.3) is 0 Å². The second-order valence-corrected chi connectivity index (χ2v) is 4.76. The third-order valence-electron chi connectivity index (χ3n) is 3.31. The minimum absolute atomic E-state index is 0.0775. The Morgan fingerprint density at radius 2 is 2.00 bits per heavy atom. The average Bonchev–Trinajstić information content (AvgIpc) is 2.47. The van der Waals surface area contributed by atoms with Gasteiger partial charge < -0.3 is 19.5 Å². The predicted molar refractivity (Wildman–Crippen MR) is 74.9 cm³/mol. The molecule has 1 N–H and O–H groups in total. The van der Waals surface area contributed by atoms with Crippen LogP contribution < -0.4 is 14.8 Å². The lowest BCUT2D eigenvalue weighted by atomic mass is 10.1. The average molecular weight is 265 g/mol. The molecule has 19 heavy (non-hydrogen) atoms. The van der Waals surface area contributed by atoms with E-state index < -0.39 is 0 Å². The Bertz CT molecular complexity index is 366. The largest absolute Gasteiger partial charge is 0.497 e. The second-order valence-electron chi connectivity index (χ2n) is 4.76. The Balaban J connectivity index is 1.93. The SMILES string of the molecule is CCCNC1CCOCC1Oc1ccc(OC)cc1. The van der Waals surface area contributed by atoms with Crippen LogP contribution in [0.3, 0.4) is 0 Å². The van der Waals surface area contributed by atoms with Crippen molar-refractivity contribution in [2.75, 3.05) is 26.9 Å². The Labute approximate surface area is 115 Å². The lowest BCUT2D eigenvalue weighted by molar-refractivity contribution is -0.0146. The highest BCUT2D eigenvalue weighted by atomic mass is 16.5. The summed E-state index contributed by atoms with van der Waals surface area (Å²) >= 11 is 0. The van der Waals surface area contributed by atoms with Crippen molar-refractivity contribution >= 4 is 0 Å². The van der Waals surface area contributed by atoms with Crippen LogP contribution in [0.15, 0.2) is 24.3 Å². The summed E-state index contributed by atoms with van der Waals surface area (Å²) in [6.07, 6.45) is 2.21. The van der Waals surface area contributed by atoms with E-state index in [4.69, 9.17) is 14.2 Å². The van der Waals surface area contributed by atoms with E-state index in [0.29, 0.717) is 12.6 Å². The van der Waals surface area contributed by atoms with Gasteiger partial charge in [-0.1, -0.05) is 6.92 Å². The number of benzene rings is 1. The number of rotatable bonds is 6. The van der Waals surface area contributed by atoms with Crippen molar-refractivity contribution in [1.82, 2.24) is 5.32 Å². The summed E-state index contributed by atoms with van der Waals surface area (Å²) in [7, 11) is 1.66.